The van der Waals surface area contributed by atoms with Gasteiger partial charge in [0.1, 0.15) is 0 Å². The molecule has 1 amide bonds. The van der Waals surface area contributed by atoms with E-state index in [1.807, 2.05) is 43.3 Å². The van der Waals surface area contributed by atoms with Gasteiger partial charge >= 0.3 is 0 Å². The highest BCUT2D eigenvalue weighted by atomic mass is 32.1. The summed E-state index contributed by atoms with van der Waals surface area (Å²) < 4.78 is 0. The quantitative estimate of drug-likeness (QED) is 0.591. The lowest BCUT2D eigenvalue weighted by Gasteiger charge is -2.19. The average molecular weight is 353 g/mol. The Bertz CT molecular complexity index is 789. The molecule has 0 bridgehead atoms. The number of allylic oxidation sites excluding steroid dienone is 1. The van der Waals surface area contributed by atoms with Crippen LogP contribution in [0, 0.1) is 5.92 Å². The fourth-order valence-corrected chi connectivity index (χ4v) is 4.25. The first-order chi connectivity index (χ1) is 12.2. The molecule has 0 unspecified atom stereocenters. The zero-order chi connectivity index (χ0) is 17.6. The van der Waals surface area contributed by atoms with Gasteiger partial charge in [-0.1, -0.05) is 49.8 Å². The molecule has 1 aromatic carbocycles. The molecule has 130 valence electrons. The lowest BCUT2D eigenvalue weighted by Crippen LogP contribution is -2.16. The van der Waals surface area contributed by atoms with Crippen LogP contribution < -0.4 is 5.43 Å². The Kier molecular flexibility index (Phi) is 5.82. The number of hydrogen-bond donors (Lipinski definition) is 1. The summed E-state index contributed by atoms with van der Waals surface area (Å²) in [6, 6.07) is 12.1. The minimum absolute atomic E-state index is 0.115. The Balaban J connectivity index is 1.60. The molecule has 0 radical (unpaired) electrons. The Morgan fingerprint density at radius 2 is 2.16 bits per heavy atom. The Morgan fingerprint density at radius 1 is 1.36 bits per heavy atom. The number of aryl methyl sites for hydroxylation is 1. The van der Waals surface area contributed by atoms with Crippen molar-refractivity contribution in [3.8, 4) is 0 Å². The summed E-state index contributed by atoms with van der Waals surface area (Å²) in [7, 11) is 0. The molecule has 3 nitrogen and oxygen atoms in total. The van der Waals surface area contributed by atoms with Gasteiger partial charge in [0, 0.05) is 4.88 Å². The molecule has 4 heteroatoms. The van der Waals surface area contributed by atoms with Crippen molar-refractivity contribution in [1.29, 1.82) is 0 Å². The van der Waals surface area contributed by atoms with Crippen molar-refractivity contribution in [3.05, 3.63) is 62.9 Å². The standard InChI is InChI=1S/C21H24N2OS/c1-3-16-9-10-19-18(12-16)13-20(25-19)21(24)23-22-14-15(2)11-17-7-5-4-6-8-17/h4-8,11,13-14,16H,3,9-10,12H2,1-2H3,(H,23,24)/b15-11+,22-14-/t16-/m1/s1. The number of rotatable bonds is 5. The fourth-order valence-electron chi connectivity index (χ4n) is 3.16. The largest absolute Gasteiger partial charge is 0.281 e. The van der Waals surface area contributed by atoms with Gasteiger partial charge in [0.15, 0.2) is 0 Å². The first-order valence-corrected chi connectivity index (χ1v) is 9.65. The van der Waals surface area contributed by atoms with Crippen LogP contribution in [-0.4, -0.2) is 12.1 Å². The maximum Gasteiger partial charge on any atom is 0.281 e. The molecule has 1 aliphatic carbocycles. The maximum atomic E-state index is 12.3. The smallest absolute Gasteiger partial charge is 0.266 e. The van der Waals surface area contributed by atoms with Crippen molar-refractivity contribution in [2.75, 3.05) is 0 Å². The number of nitrogens with zero attached hydrogens (tertiary/aromatic N) is 1. The first kappa shape index (κ1) is 17.6. The predicted molar refractivity (Wildman–Crippen MR) is 106 cm³/mol. The average Bonchev–Trinajstić information content (AvgIpc) is 3.05. The van der Waals surface area contributed by atoms with Gasteiger partial charge in [0.2, 0.25) is 0 Å². The number of fused-ring (bicyclic) bond motifs is 1. The van der Waals surface area contributed by atoms with Crippen LogP contribution >= 0.6 is 11.3 Å². The second-order valence-electron chi connectivity index (χ2n) is 6.57. The fraction of sp³-hybridized carbons (Fsp3) is 0.333. The molecule has 1 aromatic heterocycles. The van der Waals surface area contributed by atoms with E-state index in [0.717, 1.165) is 34.8 Å². The van der Waals surface area contributed by atoms with Gasteiger partial charge in [-0.3, -0.25) is 4.79 Å². The predicted octanol–water partition coefficient (Wildman–Crippen LogP) is 5.08. The van der Waals surface area contributed by atoms with Crippen molar-refractivity contribution in [1.82, 2.24) is 5.43 Å². The molecule has 25 heavy (non-hydrogen) atoms. The molecule has 0 saturated heterocycles. The summed E-state index contributed by atoms with van der Waals surface area (Å²) in [4.78, 5) is 14.5. The second-order valence-corrected chi connectivity index (χ2v) is 7.71. The van der Waals surface area contributed by atoms with E-state index in [0.29, 0.717) is 0 Å². The minimum Gasteiger partial charge on any atom is -0.266 e. The first-order valence-electron chi connectivity index (χ1n) is 8.84. The molecular weight excluding hydrogens is 328 g/mol. The highest BCUT2D eigenvalue weighted by Crippen LogP contribution is 2.33. The molecule has 3 rings (SSSR count). The van der Waals surface area contributed by atoms with Crippen molar-refractivity contribution in [2.45, 2.75) is 39.5 Å². The third-order valence-electron chi connectivity index (χ3n) is 4.61. The van der Waals surface area contributed by atoms with E-state index in [-0.39, 0.29) is 5.91 Å². The van der Waals surface area contributed by atoms with E-state index in [1.165, 1.54) is 23.3 Å². The zero-order valence-corrected chi connectivity index (χ0v) is 15.6. The number of hydrazone groups is 1. The van der Waals surface area contributed by atoms with Crippen LogP contribution in [0.4, 0.5) is 0 Å². The molecule has 1 N–H and O–H groups in total. The molecular formula is C21H24N2OS. The van der Waals surface area contributed by atoms with E-state index < -0.39 is 0 Å². The van der Waals surface area contributed by atoms with Gasteiger partial charge in [-0.25, -0.2) is 5.43 Å². The Labute approximate surface area is 153 Å². The monoisotopic (exact) mass is 352 g/mol. The minimum atomic E-state index is -0.115. The highest BCUT2D eigenvalue weighted by molar-refractivity contribution is 7.14. The molecule has 2 aromatic rings. The number of thiophene rings is 1. The third kappa shape index (κ3) is 4.67. The molecule has 0 saturated carbocycles. The number of carbonyl (C=O) groups excluding carboxylic acids is 1. The number of carbonyl (C=O) groups is 1. The van der Waals surface area contributed by atoms with Crippen LogP contribution in [0.25, 0.3) is 6.08 Å². The van der Waals surface area contributed by atoms with E-state index in [4.69, 9.17) is 0 Å². The van der Waals surface area contributed by atoms with Crippen LogP contribution in [0.2, 0.25) is 0 Å². The van der Waals surface area contributed by atoms with E-state index in [2.05, 4.69) is 23.5 Å². The topological polar surface area (TPSA) is 41.5 Å². The number of benzene rings is 1. The summed E-state index contributed by atoms with van der Waals surface area (Å²) in [6.45, 7) is 4.22. The van der Waals surface area contributed by atoms with Crippen molar-refractivity contribution < 1.29 is 4.79 Å². The van der Waals surface area contributed by atoms with Crippen molar-refractivity contribution >= 4 is 29.5 Å². The summed E-state index contributed by atoms with van der Waals surface area (Å²) in [5.41, 5.74) is 6.12. The molecule has 0 fully saturated rings. The molecule has 1 atom stereocenters. The SMILES string of the molecule is CC[C@@H]1CCc2sc(C(=O)N/N=C\C(C)=C\c3ccccc3)cc2C1. The third-order valence-corrected chi connectivity index (χ3v) is 5.85. The Hall–Kier alpha value is -2.20. The molecule has 1 aliphatic rings. The molecule has 1 heterocycles. The van der Waals surface area contributed by atoms with E-state index >= 15 is 0 Å². The lowest BCUT2D eigenvalue weighted by atomic mass is 9.87. The van der Waals surface area contributed by atoms with Gasteiger partial charge in [0.25, 0.3) is 5.91 Å². The molecule has 0 spiro atoms. The summed E-state index contributed by atoms with van der Waals surface area (Å²) in [5.74, 6) is 0.651. The number of amides is 1. The maximum absolute atomic E-state index is 12.3. The second kappa shape index (κ2) is 8.26. The summed E-state index contributed by atoms with van der Waals surface area (Å²) in [6.07, 6.45) is 8.39. The summed E-state index contributed by atoms with van der Waals surface area (Å²) in [5, 5.41) is 4.09. The van der Waals surface area contributed by atoms with Crippen molar-refractivity contribution in [3.63, 3.8) is 0 Å². The highest BCUT2D eigenvalue weighted by Gasteiger charge is 2.21. The van der Waals surface area contributed by atoms with Gasteiger partial charge in [-0.2, -0.15) is 5.10 Å². The van der Waals surface area contributed by atoms with Gasteiger partial charge < -0.3 is 0 Å². The molecule has 0 aliphatic heterocycles. The van der Waals surface area contributed by atoms with Crippen LogP contribution in [0.3, 0.4) is 0 Å². The number of nitrogens with one attached hydrogen (secondary N) is 1. The van der Waals surface area contributed by atoms with Gasteiger partial charge in [-0.05, 0) is 54.9 Å². The van der Waals surface area contributed by atoms with Crippen LogP contribution in [0.5, 0.6) is 0 Å². The van der Waals surface area contributed by atoms with Crippen molar-refractivity contribution in [2.24, 2.45) is 11.0 Å². The van der Waals surface area contributed by atoms with Crippen LogP contribution in [0.1, 0.15) is 52.4 Å². The van der Waals surface area contributed by atoms with E-state index in [9.17, 15) is 4.79 Å². The van der Waals surface area contributed by atoms with Gasteiger partial charge in [-0.15, -0.1) is 11.3 Å². The normalized spacial score (nSPS) is 17.5. The van der Waals surface area contributed by atoms with E-state index in [1.54, 1.807) is 17.6 Å². The van der Waals surface area contributed by atoms with Gasteiger partial charge in [0.05, 0.1) is 11.1 Å². The van der Waals surface area contributed by atoms with Crippen LogP contribution in [-0.2, 0) is 12.8 Å². The van der Waals surface area contributed by atoms with Crippen LogP contribution in [0.15, 0.2) is 47.1 Å². The zero-order valence-electron chi connectivity index (χ0n) is 14.8. The lowest BCUT2D eigenvalue weighted by molar-refractivity contribution is 0.0959. The Morgan fingerprint density at radius 3 is 2.92 bits per heavy atom. The summed E-state index contributed by atoms with van der Waals surface area (Å²) >= 11 is 1.62. The number of hydrogen-bond acceptors (Lipinski definition) is 3.